The van der Waals surface area contributed by atoms with Crippen LogP contribution in [0.5, 0.6) is 0 Å². The molecule has 0 bridgehead atoms. The number of benzene rings is 1. The molecule has 1 heterocycles. The maximum Gasteiger partial charge on any atom is 0.338 e. The van der Waals surface area contributed by atoms with Crippen molar-refractivity contribution in [2.24, 2.45) is 0 Å². The van der Waals surface area contributed by atoms with E-state index in [0.29, 0.717) is 11.4 Å². The second kappa shape index (κ2) is 3.45. The number of hydrogen-bond acceptors (Lipinski definition) is 3. The second-order valence-electron chi connectivity index (χ2n) is 3.04. The van der Waals surface area contributed by atoms with E-state index in [1.807, 2.05) is 6.07 Å². The van der Waals surface area contributed by atoms with E-state index >= 15 is 0 Å². The van der Waals surface area contributed by atoms with Gasteiger partial charge < -0.3 is 10.8 Å². The molecule has 0 unspecified atom stereocenters. The van der Waals surface area contributed by atoms with Gasteiger partial charge in [-0.3, -0.25) is 0 Å². The Morgan fingerprint density at radius 2 is 2.13 bits per heavy atom. The summed E-state index contributed by atoms with van der Waals surface area (Å²) in [7, 11) is 0. The van der Waals surface area contributed by atoms with Crippen molar-refractivity contribution in [3.8, 4) is 5.69 Å². The normalized spacial score (nSPS) is 10.1. The third-order valence-electron chi connectivity index (χ3n) is 2.01. The summed E-state index contributed by atoms with van der Waals surface area (Å²) in [4.78, 5) is 10.6. The standard InChI is InChI=1S/C10H9N3O2/c11-8-3-1-2-4-9(8)13-6-7(5-12-13)10(14)15/h1-6H,11H2,(H,14,15). The van der Waals surface area contributed by atoms with Gasteiger partial charge in [0.25, 0.3) is 0 Å². The third kappa shape index (κ3) is 1.67. The number of nitrogens with zero attached hydrogens (tertiary/aromatic N) is 2. The number of hydrogen-bond donors (Lipinski definition) is 2. The highest BCUT2D eigenvalue weighted by Crippen LogP contribution is 2.15. The minimum absolute atomic E-state index is 0.137. The number of anilines is 1. The van der Waals surface area contributed by atoms with Crippen LogP contribution in [0.2, 0.25) is 0 Å². The molecule has 0 aliphatic carbocycles. The van der Waals surface area contributed by atoms with Crippen LogP contribution in [0.15, 0.2) is 36.7 Å². The van der Waals surface area contributed by atoms with Gasteiger partial charge in [-0.1, -0.05) is 12.1 Å². The van der Waals surface area contributed by atoms with E-state index in [4.69, 9.17) is 10.8 Å². The molecular formula is C10H9N3O2. The predicted molar refractivity (Wildman–Crippen MR) is 54.9 cm³/mol. The molecule has 0 atom stereocenters. The third-order valence-corrected chi connectivity index (χ3v) is 2.01. The Bertz CT molecular complexity index is 505. The minimum atomic E-state index is -1.00. The van der Waals surface area contributed by atoms with Gasteiger partial charge in [-0.05, 0) is 12.1 Å². The molecule has 3 N–H and O–H groups in total. The Morgan fingerprint density at radius 1 is 1.40 bits per heavy atom. The summed E-state index contributed by atoms with van der Waals surface area (Å²) in [6.45, 7) is 0. The molecule has 0 saturated heterocycles. The van der Waals surface area contributed by atoms with Crippen LogP contribution in [0.1, 0.15) is 10.4 Å². The molecule has 2 aromatic rings. The Hall–Kier alpha value is -2.30. The Kier molecular flexibility index (Phi) is 2.13. The monoisotopic (exact) mass is 203 g/mol. The topological polar surface area (TPSA) is 81.1 Å². The molecule has 0 amide bonds. The first-order chi connectivity index (χ1) is 7.18. The molecule has 0 fully saturated rings. The van der Waals surface area contributed by atoms with Crippen molar-refractivity contribution in [3.63, 3.8) is 0 Å². The van der Waals surface area contributed by atoms with E-state index in [1.165, 1.54) is 17.1 Å². The Balaban J connectivity index is 2.46. The number of carboxylic acids is 1. The fraction of sp³-hybridized carbons (Fsp3) is 0. The lowest BCUT2D eigenvalue weighted by atomic mass is 10.3. The highest BCUT2D eigenvalue weighted by molar-refractivity contribution is 5.87. The van der Waals surface area contributed by atoms with Crippen LogP contribution in [-0.2, 0) is 0 Å². The summed E-state index contributed by atoms with van der Waals surface area (Å²) in [5.41, 5.74) is 7.09. The van der Waals surface area contributed by atoms with Crippen LogP contribution in [-0.4, -0.2) is 20.9 Å². The zero-order valence-corrected chi connectivity index (χ0v) is 7.79. The second-order valence-corrected chi connectivity index (χ2v) is 3.04. The maximum absolute atomic E-state index is 10.6. The number of rotatable bonds is 2. The number of aromatic carboxylic acids is 1. The van der Waals surface area contributed by atoms with Crippen LogP contribution in [0.25, 0.3) is 5.69 Å². The van der Waals surface area contributed by atoms with Gasteiger partial charge in [0.05, 0.1) is 23.1 Å². The molecule has 0 radical (unpaired) electrons. The summed E-state index contributed by atoms with van der Waals surface area (Å²) in [5.74, 6) is -1.00. The van der Waals surface area contributed by atoms with Crippen molar-refractivity contribution in [2.75, 3.05) is 5.73 Å². The zero-order chi connectivity index (χ0) is 10.8. The summed E-state index contributed by atoms with van der Waals surface area (Å²) in [5, 5.41) is 12.7. The molecule has 15 heavy (non-hydrogen) atoms. The van der Waals surface area contributed by atoms with Crippen molar-refractivity contribution in [1.82, 2.24) is 9.78 Å². The van der Waals surface area contributed by atoms with Crippen molar-refractivity contribution in [3.05, 3.63) is 42.2 Å². The van der Waals surface area contributed by atoms with Gasteiger partial charge in [-0.2, -0.15) is 5.10 Å². The van der Waals surface area contributed by atoms with E-state index in [2.05, 4.69) is 5.10 Å². The van der Waals surface area contributed by atoms with E-state index in [9.17, 15) is 4.79 Å². The smallest absolute Gasteiger partial charge is 0.338 e. The molecular weight excluding hydrogens is 194 g/mol. The first-order valence-electron chi connectivity index (χ1n) is 4.31. The largest absolute Gasteiger partial charge is 0.478 e. The first-order valence-corrected chi connectivity index (χ1v) is 4.31. The minimum Gasteiger partial charge on any atom is -0.478 e. The van der Waals surface area contributed by atoms with Crippen LogP contribution in [0, 0.1) is 0 Å². The van der Waals surface area contributed by atoms with E-state index in [0.717, 1.165) is 0 Å². The van der Waals surface area contributed by atoms with Gasteiger partial charge in [0.2, 0.25) is 0 Å². The molecule has 2 rings (SSSR count). The highest BCUT2D eigenvalue weighted by Gasteiger charge is 2.08. The average molecular weight is 203 g/mol. The molecule has 0 aliphatic rings. The van der Waals surface area contributed by atoms with Gasteiger partial charge in [0.1, 0.15) is 0 Å². The molecule has 5 nitrogen and oxygen atoms in total. The fourth-order valence-electron chi connectivity index (χ4n) is 1.26. The molecule has 76 valence electrons. The highest BCUT2D eigenvalue weighted by atomic mass is 16.4. The number of aromatic nitrogens is 2. The van der Waals surface area contributed by atoms with Gasteiger partial charge in [0.15, 0.2) is 0 Å². The van der Waals surface area contributed by atoms with E-state index in [1.54, 1.807) is 18.2 Å². The maximum atomic E-state index is 10.6. The van der Waals surface area contributed by atoms with Crippen LogP contribution in [0.3, 0.4) is 0 Å². The molecule has 0 saturated carbocycles. The molecule has 5 heteroatoms. The van der Waals surface area contributed by atoms with Crippen molar-refractivity contribution in [1.29, 1.82) is 0 Å². The molecule has 1 aromatic carbocycles. The number of carboxylic acid groups (broad SMARTS) is 1. The van der Waals surface area contributed by atoms with E-state index < -0.39 is 5.97 Å². The summed E-state index contributed by atoms with van der Waals surface area (Å²) >= 11 is 0. The van der Waals surface area contributed by atoms with Crippen molar-refractivity contribution in [2.45, 2.75) is 0 Å². The lowest BCUT2D eigenvalue weighted by Crippen LogP contribution is -1.99. The number of nitrogens with two attached hydrogens (primary N) is 1. The van der Waals surface area contributed by atoms with Gasteiger partial charge >= 0.3 is 5.97 Å². The first kappa shape index (κ1) is 9.26. The summed E-state index contributed by atoms with van der Waals surface area (Å²) in [6, 6.07) is 7.12. The molecule has 0 aliphatic heterocycles. The number of carbonyl (C=O) groups is 1. The molecule has 1 aromatic heterocycles. The predicted octanol–water partition coefficient (Wildman–Crippen LogP) is 1.15. The quantitative estimate of drug-likeness (QED) is 0.717. The van der Waals surface area contributed by atoms with Crippen LogP contribution in [0.4, 0.5) is 5.69 Å². The van der Waals surface area contributed by atoms with Gasteiger partial charge in [-0.15, -0.1) is 0 Å². The van der Waals surface area contributed by atoms with Gasteiger partial charge in [0, 0.05) is 6.20 Å². The van der Waals surface area contributed by atoms with Crippen molar-refractivity contribution < 1.29 is 9.90 Å². The number of nitrogen functional groups attached to an aromatic ring is 1. The lowest BCUT2D eigenvalue weighted by molar-refractivity contribution is 0.0697. The van der Waals surface area contributed by atoms with Gasteiger partial charge in [-0.25, -0.2) is 9.48 Å². The Labute approximate surface area is 85.8 Å². The van der Waals surface area contributed by atoms with Crippen LogP contribution < -0.4 is 5.73 Å². The fourth-order valence-corrected chi connectivity index (χ4v) is 1.26. The number of para-hydroxylation sites is 2. The molecule has 0 spiro atoms. The summed E-state index contributed by atoms with van der Waals surface area (Å²) in [6.07, 6.45) is 2.71. The Morgan fingerprint density at radius 3 is 2.73 bits per heavy atom. The SMILES string of the molecule is Nc1ccccc1-n1cc(C(=O)O)cn1. The average Bonchev–Trinajstić information content (AvgIpc) is 2.67. The zero-order valence-electron chi connectivity index (χ0n) is 7.79. The van der Waals surface area contributed by atoms with E-state index in [-0.39, 0.29) is 5.56 Å². The summed E-state index contributed by atoms with van der Waals surface area (Å²) < 4.78 is 1.44. The van der Waals surface area contributed by atoms with Crippen LogP contribution >= 0.6 is 0 Å². The lowest BCUT2D eigenvalue weighted by Gasteiger charge is -2.03. The van der Waals surface area contributed by atoms with Crippen molar-refractivity contribution >= 4 is 11.7 Å².